The summed E-state index contributed by atoms with van der Waals surface area (Å²) in [5, 5.41) is 0. The van der Waals surface area contributed by atoms with Crippen molar-refractivity contribution in [2.75, 3.05) is 6.61 Å². The van der Waals surface area contributed by atoms with Crippen molar-refractivity contribution in [2.45, 2.75) is 38.0 Å². The van der Waals surface area contributed by atoms with Gasteiger partial charge in [0.25, 0.3) is 15.9 Å². The van der Waals surface area contributed by atoms with Crippen LogP contribution in [-0.4, -0.2) is 20.9 Å². The van der Waals surface area contributed by atoms with E-state index >= 15 is 0 Å². The fourth-order valence-corrected chi connectivity index (χ4v) is 3.80. The van der Waals surface area contributed by atoms with Gasteiger partial charge in [-0.15, -0.1) is 4.83 Å². The highest BCUT2D eigenvalue weighted by Gasteiger charge is 2.19. The lowest BCUT2D eigenvalue weighted by molar-refractivity contribution is -0.123. The van der Waals surface area contributed by atoms with E-state index in [1.54, 1.807) is 18.2 Å². The second-order valence-electron chi connectivity index (χ2n) is 6.47. The molecule has 0 bridgehead atoms. The van der Waals surface area contributed by atoms with Crippen LogP contribution in [0.2, 0.25) is 0 Å². The average molecular weight is 374 g/mol. The van der Waals surface area contributed by atoms with E-state index in [1.165, 1.54) is 5.56 Å². The highest BCUT2D eigenvalue weighted by Crippen LogP contribution is 2.24. The van der Waals surface area contributed by atoms with Gasteiger partial charge in [0.15, 0.2) is 6.61 Å². The highest BCUT2D eigenvalue weighted by atomic mass is 32.2. The monoisotopic (exact) mass is 374 g/mol. The maximum absolute atomic E-state index is 12.3. The molecular weight excluding hydrogens is 352 g/mol. The largest absolute Gasteiger partial charge is 0.484 e. The van der Waals surface area contributed by atoms with Gasteiger partial charge in [0, 0.05) is 0 Å². The molecule has 3 rings (SSSR count). The van der Waals surface area contributed by atoms with Gasteiger partial charge in [-0.1, -0.05) is 12.1 Å². The van der Waals surface area contributed by atoms with Crippen LogP contribution in [0.5, 0.6) is 5.75 Å². The molecular formula is C19H22N2O4S. The summed E-state index contributed by atoms with van der Waals surface area (Å²) in [5.74, 6) is -0.0160. The summed E-state index contributed by atoms with van der Waals surface area (Å²) in [7, 11) is -3.81. The molecule has 1 aliphatic carbocycles. The molecule has 2 aromatic carbocycles. The van der Waals surface area contributed by atoms with E-state index < -0.39 is 15.9 Å². The minimum Gasteiger partial charge on any atom is -0.484 e. The molecule has 0 radical (unpaired) electrons. The Morgan fingerprint density at radius 1 is 1.04 bits per heavy atom. The number of ether oxygens (including phenoxy) is 1. The van der Waals surface area contributed by atoms with E-state index in [0.717, 1.165) is 36.0 Å². The first kappa shape index (κ1) is 18.4. The number of hydrogen-bond donors (Lipinski definition) is 2. The SMILES string of the molecule is Cc1ccc(OCC(=O)NNS(=O)(=O)c2ccc3c(c2)CCC3)cc1C. The quantitative estimate of drug-likeness (QED) is 0.759. The van der Waals surface area contributed by atoms with E-state index in [9.17, 15) is 13.2 Å². The lowest BCUT2D eigenvalue weighted by Crippen LogP contribution is -2.43. The number of fused-ring (bicyclic) bond motifs is 1. The molecule has 0 unspecified atom stereocenters. The van der Waals surface area contributed by atoms with E-state index in [0.29, 0.717) is 5.75 Å². The molecule has 0 heterocycles. The van der Waals surface area contributed by atoms with Gasteiger partial charge in [0.2, 0.25) is 0 Å². The van der Waals surface area contributed by atoms with Crippen molar-refractivity contribution in [3.05, 3.63) is 58.7 Å². The lowest BCUT2D eigenvalue weighted by Gasteiger charge is -2.11. The van der Waals surface area contributed by atoms with Gasteiger partial charge >= 0.3 is 0 Å². The number of carbonyl (C=O) groups is 1. The van der Waals surface area contributed by atoms with Crippen molar-refractivity contribution in [3.8, 4) is 5.75 Å². The first-order chi connectivity index (χ1) is 12.3. The van der Waals surface area contributed by atoms with Gasteiger partial charge in [0.1, 0.15) is 5.75 Å². The molecule has 1 aliphatic rings. The van der Waals surface area contributed by atoms with Gasteiger partial charge in [-0.3, -0.25) is 10.2 Å². The number of aryl methyl sites for hydroxylation is 4. The van der Waals surface area contributed by atoms with Crippen LogP contribution in [0.15, 0.2) is 41.3 Å². The smallest absolute Gasteiger partial charge is 0.272 e. The summed E-state index contributed by atoms with van der Waals surface area (Å²) in [4.78, 5) is 14.1. The average Bonchev–Trinajstić information content (AvgIpc) is 3.09. The van der Waals surface area contributed by atoms with Crippen molar-refractivity contribution in [1.29, 1.82) is 0 Å². The Kier molecular flexibility index (Phi) is 5.29. The molecule has 2 aromatic rings. The molecule has 0 saturated heterocycles. The van der Waals surface area contributed by atoms with Crippen LogP contribution in [0.3, 0.4) is 0 Å². The number of rotatable bonds is 6. The first-order valence-corrected chi connectivity index (χ1v) is 9.96. The number of sulfonamides is 1. The number of benzene rings is 2. The fourth-order valence-electron chi connectivity index (χ4n) is 2.89. The van der Waals surface area contributed by atoms with E-state index in [1.807, 2.05) is 32.0 Å². The topological polar surface area (TPSA) is 84.5 Å². The van der Waals surface area contributed by atoms with Gasteiger partial charge in [-0.25, -0.2) is 8.42 Å². The lowest BCUT2D eigenvalue weighted by atomic mass is 10.1. The Morgan fingerprint density at radius 3 is 2.58 bits per heavy atom. The van der Waals surface area contributed by atoms with Crippen LogP contribution >= 0.6 is 0 Å². The van der Waals surface area contributed by atoms with Crippen LogP contribution in [-0.2, 0) is 27.7 Å². The molecule has 7 heteroatoms. The second-order valence-corrected chi connectivity index (χ2v) is 8.15. The Balaban J connectivity index is 1.55. The van der Waals surface area contributed by atoms with Gasteiger partial charge in [-0.2, -0.15) is 0 Å². The van der Waals surface area contributed by atoms with E-state index in [-0.39, 0.29) is 11.5 Å². The number of amides is 1. The van der Waals surface area contributed by atoms with Crippen molar-refractivity contribution in [3.63, 3.8) is 0 Å². The van der Waals surface area contributed by atoms with Crippen molar-refractivity contribution >= 4 is 15.9 Å². The van der Waals surface area contributed by atoms with Gasteiger partial charge in [-0.05, 0) is 79.6 Å². The minimum atomic E-state index is -3.81. The fraction of sp³-hybridized carbons (Fsp3) is 0.316. The van der Waals surface area contributed by atoms with Crippen molar-refractivity contribution < 1.29 is 17.9 Å². The predicted octanol–water partition coefficient (Wildman–Crippen LogP) is 2.18. The third-order valence-corrected chi connectivity index (χ3v) is 5.80. The minimum absolute atomic E-state index is 0.147. The molecule has 26 heavy (non-hydrogen) atoms. The van der Waals surface area contributed by atoms with Crippen molar-refractivity contribution in [2.24, 2.45) is 0 Å². The molecule has 138 valence electrons. The summed E-state index contributed by atoms with van der Waals surface area (Å²) < 4.78 is 30.0. The van der Waals surface area contributed by atoms with E-state index in [4.69, 9.17) is 4.74 Å². The molecule has 1 amide bonds. The van der Waals surface area contributed by atoms with Gasteiger partial charge < -0.3 is 4.74 Å². The van der Waals surface area contributed by atoms with E-state index in [2.05, 4.69) is 10.3 Å². The van der Waals surface area contributed by atoms with Crippen LogP contribution < -0.4 is 15.0 Å². The zero-order valence-electron chi connectivity index (χ0n) is 14.8. The maximum Gasteiger partial charge on any atom is 0.272 e. The van der Waals surface area contributed by atoms with Crippen LogP contribution in [0.1, 0.15) is 28.7 Å². The Hall–Kier alpha value is -2.38. The van der Waals surface area contributed by atoms with Crippen LogP contribution in [0, 0.1) is 13.8 Å². The number of nitrogens with one attached hydrogen (secondary N) is 2. The summed E-state index contributed by atoms with van der Waals surface area (Å²) in [6.45, 7) is 3.65. The van der Waals surface area contributed by atoms with Crippen LogP contribution in [0.25, 0.3) is 0 Å². The first-order valence-electron chi connectivity index (χ1n) is 8.48. The number of carbonyl (C=O) groups excluding carboxylic acids is 1. The Morgan fingerprint density at radius 2 is 1.81 bits per heavy atom. The number of hydrogen-bond acceptors (Lipinski definition) is 4. The molecule has 2 N–H and O–H groups in total. The zero-order chi connectivity index (χ0) is 18.7. The summed E-state index contributed by atoms with van der Waals surface area (Å²) in [6.07, 6.45) is 2.91. The highest BCUT2D eigenvalue weighted by molar-refractivity contribution is 7.89. The number of hydrazine groups is 1. The molecule has 0 atom stereocenters. The molecule has 0 fully saturated rings. The zero-order valence-corrected chi connectivity index (χ0v) is 15.7. The van der Waals surface area contributed by atoms with Crippen molar-refractivity contribution in [1.82, 2.24) is 10.3 Å². The molecule has 0 aromatic heterocycles. The third kappa shape index (κ3) is 4.23. The third-order valence-electron chi connectivity index (χ3n) is 4.55. The molecule has 0 aliphatic heterocycles. The summed E-state index contributed by atoms with van der Waals surface area (Å²) >= 11 is 0. The second kappa shape index (κ2) is 7.47. The predicted molar refractivity (Wildman–Crippen MR) is 98.3 cm³/mol. The maximum atomic E-state index is 12.3. The molecule has 0 saturated carbocycles. The standard InChI is InChI=1S/C19H22N2O4S/c1-13-6-8-17(10-14(13)2)25-12-19(22)20-21-26(23,24)18-9-7-15-4-3-5-16(15)11-18/h6-11,21H,3-5,12H2,1-2H3,(H,20,22). The summed E-state index contributed by atoms with van der Waals surface area (Å²) in [6, 6.07) is 10.6. The molecule has 0 spiro atoms. The Bertz CT molecular complexity index is 939. The Labute approximate surface area is 153 Å². The molecule has 6 nitrogen and oxygen atoms in total. The van der Waals surface area contributed by atoms with Gasteiger partial charge in [0.05, 0.1) is 4.90 Å². The van der Waals surface area contributed by atoms with Crippen LogP contribution in [0.4, 0.5) is 0 Å². The normalized spacial score (nSPS) is 13.3. The summed E-state index contributed by atoms with van der Waals surface area (Å²) in [5.41, 5.74) is 6.61.